The molecule has 0 saturated heterocycles. The first-order valence-corrected chi connectivity index (χ1v) is 21.0. The molecule has 0 aromatic carbocycles. The Labute approximate surface area is 309 Å². The largest absolute Gasteiger partial charge is 0.394 e. The van der Waals surface area contributed by atoms with Crippen molar-refractivity contribution in [3.05, 3.63) is 48.6 Å². The fourth-order valence-corrected chi connectivity index (χ4v) is 6.08. The molecule has 0 radical (unpaired) electrons. The highest BCUT2D eigenvalue weighted by Crippen LogP contribution is 2.13. The summed E-state index contributed by atoms with van der Waals surface area (Å²) >= 11 is 0. The molecule has 292 valence electrons. The average Bonchev–Trinajstić information content (AvgIpc) is 3.12. The van der Waals surface area contributed by atoms with Crippen LogP contribution in [0.4, 0.5) is 0 Å². The summed E-state index contributed by atoms with van der Waals surface area (Å²) in [5.74, 6) is -0.613. The normalized spacial score (nSPS) is 14.8. The molecule has 50 heavy (non-hydrogen) atoms. The highest BCUT2D eigenvalue weighted by molar-refractivity contribution is 5.80. The van der Waals surface area contributed by atoms with E-state index in [9.17, 15) is 25.2 Å². The third-order valence-electron chi connectivity index (χ3n) is 9.47. The highest BCUT2D eigenvalue weighted by Gasteiger charge is 2.28. The topological polar surface area (TPSA) is 110 Å². The first-order valence-electron chi connectivity index (χ1n) is 21.0. The van der Waals surface area contributed by atoms with E-state index in [1.807, 2.05) is 0 Å². The zero-order valence-corrected chi connectivity index (χ0v) is 32.6. The van der Waals surface area contributed by atoms with Crippen molar-refractivity contribution in [2.75, 3.05) is 6.61 Å². The molecule has 6 heteroatoms. The van der Waals surface area contributed by atoms with E-state index in [1.165, 1.54) is 89.9 Å². The standard InChI is InChI=1S/C44H81NO5/c1-3-5-7-9-11-13-15-16-17-18-19-20-21-22-23-24-25-26-28-29-31-33-35-37-41(47)43(49)40(39-46)45-44(50)42(48)38-36-34-32-30-27-14-12-10-8-6-4-2/h12,14,20-21,24-25,29,31,40-43,46-49H,3-11,13,15-19,22-23,26-28,30,32-39H2,1-2H3,(H,45,50)/b14-12-,21-20+,25-24+,31-29+. The SMILES string of the molecule is CCCCC/C=C\CCCCCCC(O)C(=O)NC(CO)C(O)C(O)CCC/C=C/CC/C=C/CC/C=C/CCCCCCCCCCCC. The molecule has 0 aliphatic carbocycles. The van der Waals surface area contributed by atoms with Crippen LogP contribution in [0.2, 0.25) is 0 Å². The van der Waals surface area contributed by atoms with Crippen molar-refractivity contribution in [2.45, 2.75) is 218 Å². The number of rotatable bonds is 37. The van der Waals surface area contributed by atoms with Gasteiger partial charge in [0.05, 0.1) is 18.8 Å². The first-order chi connectivity index (χ1) is 24.5. The van der Waals surface area contributed by atoms with Crippen molar-refractivity contribution in [1.82, 2.24) is 5.32 Å². The zero-order valence-electron chi connectivity index (χ0n) is 32.6. The molecule has 0 fully saturated rings. The predicted octanol–water partition coefficient (Wildman–Crippen LogP) is 10.7. The van der Waals surface area contributed by atoms with Gasteiger partial charge >= 0.3 is 0 Å². The molecule has 0 heterocycles. The number of aliphatic hydroxyl groups is 4. The number of hydrogen-bond acceptors (Lipinski definition) is 5. The van der Waals surface area contributed by atoms with Crippen LogP contribution in [0.3, 0.4) is 0 Å². The van der Waals surface area contributed by atoms with Gasteiger partial charge in [0.2, 0.25) is 5.91 Å². The van der Waals surface area contributed by atoms with Crippen LogP contribution >= 0.6 is 0 Å². The third kappa shape index (κ3) is 32.2. The molecular weight excluding hydrogens is 622 g/mol. The maximum atomic E-state index is 12.4. The van der Waals surface area contributed by atoms with Crippen LogP contribution in [0.1, 0.15) is 194 Å². The Bertz CT molecular complexity index is 838. The molecular formula is C44H81NO5. The summed E-state index contributed by atoms with van der Waals surface area (Å²) in [4.78, 5) is 12.4. The molecule has 6 nitrogen and oxygen atoms in total. The van der Waals surface area contributed by atoms with Gasteiger partial charge in [-0.2, -0.15) is 0 Å². The van der Waals surface area contributed by atoms with Crippen LogP contribution in [0.25, 0.3) is 0 Å². The van der Waals surface area contributed by atoms with Crippen LogP contribution in [0.15, 0.2) is 48.6 Å². The number of hydrogen-bond donors (Lipinski definition) is 5. The lowest BCUT2D eigenvalue weighted by atomic mass is 10.00. The average molecular weight is 704 g/mol. The van der Waals surface area contributed by atoms with Crippen molar-refractivity contribution in [2.24, 2.45) is 0 Å². The molecule has 0 saturated carbocycles. The third-order valence-corrected chi connectivity index (χ3v) is 9.47. The zero-order chi connectivity index (χ0) is 36.8. The van der Waals surface area contributed by atoms with E-state index in [4.69, 9.17) is 0 Å². The number of allylic oxidation sites excluding steroid dienone is 8. The molecule has 4 atom stereocenters. The lowest BCUT2D eigenvalue weighted by Gasteiger charge is -2.27. The number of aliphatic hydroxyl groups excluding tert-OH is 4. The Hall–Kier alpha value is -1.73. The summed E-state index contributed by atoms with van der Waals surface area (Å²) in [5.41, 5.74) is 0. The number of carbonyl (C=O) groups excluding carboxylic acids is 1. The van der Waals surface area contributed by atoms with Gasteiger partial charge in [-0.05, 0) is 89.9 Å². The molecule has 0 bridgehead atoms. The van der Waals surface area contributed by atoms with Gasteiger partial charge in [-0.25, -0.2) is 0 Å². The smallest absolute Gasteiger partial charge is 0.249 e. The second-order valence-electron chi connectivity index (χ2n) is 14.3. The molecule has 0 aromatic heterocycles. The minimum absolute atomic E-state index is 0.342. The van der Waals surface area contributed by atoms with Crippen molar-refractivity contribution in [3.63, 3.8) is 0 Å². The van der Waals surface area contributed by atoms with E-state index < -0.39 is 36.9 Å². The van der Waals surface area contributed by atoms with E-state index in [0.717, 1.165) is 70.6 Å². The Morgan fingerprint density at radius 2 is 0.840 bits per heavy atom. The molecule has 0 aliphatic heterocycles. The maximum absolute atomic E-state index is 12.4. The van der Waals surface area contributed by atoms with Gasteiger partial charge in [0, 0.05) is 0 Å². The molecule has 5 N–H and O–H groups in total. The van der Waals surface area contributed by atoms with Crippen molar-refractivity contribution in [3.8, 4) is 0 Å². The molecule has 1 amide bonds. The Kier molecular flexibility index (Phi) is 37.2. The number of amides is 1. The van der Waals surface area contributed by atoms with Crippen LogP contribution in [0.5, 0.6) is 0 Å². The minimum atomic E-state index is -1.30. The lowest BCUT2D eigenvalue weighted by molar-refractivity contribution is -0.132. The van der Waals surface area contributed by atoms with Crippen LogP contribution in [-0.2, 0) is 4.79 Å². The number of unbranched alkanes of at least 4 members (excludes halogenated alkanes) is 20. The van der Waals surface area contributed by atoms with E-state index in [1.54, 1.807) is 0 Å². The van der Waals surface area contributed by atoms with Gasteiger partial charge in [-0.15, -0.1) is 0 Å². The Morgan fingerprint density at radius 3 is 1.30 bits per heavy atom. The van der Waals surface area contributed by atoms with Crippen LogP contribution in [0, 0.1) is 0 Å². The second kappa shape index (κ2) is 38.5. The number of nitrogens with one attached hydrogen (secondary N) is 1. The first kappa shape index (κ1) is 48.3. The van der Waals surface area contributed by atoms with Gasteiger partial charge in [0.25, 0.3) is 0 Å². The summed E-state index contributed by atoms with van der Waals surface area (Å²) in [7, 11) is 0. The quantitative estimate of drug-likeness (QED) is 0.0327. The summed E-state index contributed by atoms with van der Waals surface area (Å²) in [5, 5.41) is 43.5. The van der Waals surface area contributed by atoms with Crippen molar-refractivity contribution < 1.29 is 25.2 Å². The van der Waals surface area contributed by atoms with Crippen LogP contribution in [-0.4, -0.2) is 57.3 Å². The summed E-state index contributed by atoms with van der Waals surface area (Å²) < 4.78 is 0. The van der Waals surface area contributed by atoms with E-state index >= 15 is 0 Å². The predicted molar refractivity (Wildman–Crippen MR) is 214 cm³/mol. The monoisotopic (exact) mass is 704 g/mol. The maximum Gasteiger partial charge on any atom is 0.249 e. The summed E-state index contributed by atoms with van der Waals surface area (Å²) in [6, 6.07) is -1.02. The van der Waals surface area contributed by atoms with Gasteiger partial charge in [-0.1, -0.05) is 152 Å². The Morgan fingerprint density at radius 1 is 0.480 bits per heavy atom. The molecule has 0 aliphatic rings. The summed E-state index contributed by atoms with van der Waals surface area (Å²) in [6.45, 7) is 3.98. The van der Waals surface area contributed by atoms with Crippen molar-refractivity contribution in [1.29, 1.82) is 0 Å². The fourth-order valence-electron chi connectivity index (χ4n) is 6.08. The Balaban J connectivity index is 3.84. The van der Waals surface area contributed by atoms with Gasteiger partial charge in [-0.3, -0.25) is 4.79 Å². The van der Waals surface area contributed by atoms with Gasteiger partial charge in [0.15, 0.2) is 0 Å². The highest BCUT2D eigenvalue weighted by atomic mass is 16.3. The number of carbonyl (C=O) groups is 1. The fraction of sp³-hybridized carbons (Fsp3) is 0.795. The van der Waals surface area contributed by atoms with E-state index in [2.05, 4.69) is 67.8 Å². The van der Waals surface area contributed by atoms with Gasteiger partial charge < -0.3 is 25.7 Å². The van der Waals surface area contributed by atoms with Crippen molar-refractivity contribution >= 4 is 5.91 Å². The molecule has 0 aromatic rings. The molecule has 0 spiro atoms. The van der Waals surface area contributed by atoms with Gasteiger partial charge in [0.1, 0.15) is 12.2 Å². The second-order valence-corrected chi connectivity index (χ2v) is 14.3. The molecule has 4 unspecified atom stereocenters. The lowest BCUT2D eigenvalue weighted by Crippen LogP contribution is -2.53. The summed E-state index contributed by atoms with van der Waals surface area (Å²) in [6.07, 6.45) is 45.8. The van der Waals surface area contributed by atoms with Crippen LogP contribution < -0.4 is 5.32 Å². The molecule has 0 rings (SSSR count). The van der Waals surface area contributed by atoms with E-state index in [0.29, 0.717) is 19.3 Å². The minimum Gasteiger partial charge on any atom is -0.394 e. The van der Waals surface area contributed by atoms with E-state index in [-0.39, 0.29) is 0 Å².